The van der Waals surface area contributed by atoms with Gasteiger partial charge in [0.25, 0.3) is 0 Å². The lowest BCUT2D eigenvalue weighted by Gasteiger charge is -2.12. The minimum Gasteiger partial charge on any atom is -0.501 e. The molecule has 17 heavy (non-hydrogen) atoms. The Morgan fingerprint density at radius 2 is 2.00 bits per heavy atom. The van der Waals surface area contributed by atoms with Gasteiger partial charge < -0.3 is 4.74 Å². The van der Waals surface area contributed by atoms with Crippen molar-refractivity contribution in [1.82, 2.24) is 4.98 Å². The van der Waals surface area contributed by atoms with Crippen molar-refractivity contribution in [1.29, 1.82) is 0 Å². The Bertz CT molecular complexity index is 417. The minimum atomic E-state index is 0.743. The fourth-order valence-electron chi connectivity index (χ4n) is 2.50. The van der Waals surface area contributed by atoms with E-state index in [4.69, 9.17) is 4.74 Å². The standard InChI is InChI=1S/C15H21NO/c1-11(12(2)17-3)15-10-14(8-9-16-15)13-6-4-5-7-13/h8-10,13H,4-7H2,1-3H3/b12-11-. The number of hydrogen-bond donors (Lipinski definition) is 0. The molecule has 0 saturated heterocycles. The fourth-order valence-corrected chi connectivity index (χ4v) is 2.50. The lowest BCUT2D eigenvalue weighted by atomic mass is 9.97. The van der Waals surface area contributed by atoms with E-state index < -0.39 is 0 Å². The molecule has 2 nitrogen and oxygen atoms in total. The van der Waals surface area contributed by atoms with Crippen molar-refractivity contribution < 1.29 is 4.74 Å². The van der Waals surface area contributed by atoms with Crippen LogP contribution in [-0.2, 0) is 4.74 Å². The summed E-state index contributed by atoms with van der Waals surface area (Å²) in [5.74, 6) is 1.69. The van der Waals surface area contributed by atoms with Crippen molar-refractivity contribution in [2.45, 2.75) is 45.4 Å². The molecule has 2 heteroatoms. The highest BCUT2D eigenvalue weighted by atomic mass is 16.5. The molecule has 0 spiro atoms. The number of rotatable bonds is 3. The first-order valence-electron chi connectivity index (χ1n) is 6.40. The molecule has 2 rings (SSSR count). The van der Waals surface area contributed by atoms with Gasteiger partial charge in [-0.05, 0) is 50.3 Å². The molecular formula is C15H21NO. The number of aromatic nitrogens is 1. The van der Waals surface area contributed by atoms with E-state index in [-0.39, 0.29) is 0 Å². The maximum Gasteiger partial charge on any atom is 0.0975 e. The van der Waals surface area contributed by atoms with Gasteiger partial charge >= 0.3 is 0 Å². The number of nitrogens with zero attached hydrogens (tertiary/aromatic N) is 1. The van der Waals surface area contributed by atoms with E-state index >= 15 is 0 Å². The third-order valence-electron chi connectivity index (χ3n) is 3.83. The lowest BCUT2D eigenvalue weighted by Crippen LogP contribution is -1.97. The van der Waals surface area contributed by atoms with Crippen LogP contribution < -0.4 is 0 Å². The van der Waals surface area contributed by atoms with Gasteiger partial charge in [0.2, 0.25) is 0 Å². The highest BCUT2D eigenvalue weighted by Gasteiger charge is 2.17. The first-order valence-corrected chi connectivity index (χ1v) is 6.40. The molecule has 1 aromatic heterocycles. The number of ether oxygens (including phenoxy) is 1. The Labute approximate surface area is 104 Å². The van der Waals surface area contributed by atoms with E-state index in [1.54, 1.807) is 7.11 Å². The monoisotopic (exact) mass is 231 g/mol. The van der Waals surface area contributed by atoms with Crippen molar-refractivity contribution in [2.24, 2.45) is 0 Å². The van der Waals surface area contributed by atoms with Crippen molar-refractivity contribution >= 4 is 5.57 Å². The zero-order chi connectivity index (χ0) is 12.3. The van der Waals surface area contributed by atoms with E-state index in [1.165, 1.54) is 31.2 Å². The molecule has 1 aromatic rings. The Morgan fingerprint density at radius 3 is 2.65 bits per heavy atom. The van der Waals surface area contributed by atoms with Gasteiger partial charge in [0.15, 0.2) is 0 Å². The van der Waals surface area contributed by atoms with Crippen LogP contribution in [0.15, 0.2) is 24.1 Å². The molecule has 0 bridgehead atoms. The molecule has 1 aliphatic rings. The normalized spacial score (nSPS) is 18.1. The lowest BCUT2D eigenvalue weighted by molar-refractivity contribution is 0.295. The molecule has 0 unspecified atom stereocenters. The number of allylic oxidation sites excluding steroid dienone is 2. The molecule has 0 atom stereocenters. The second-order valence-corrected chi connectivity index (χ2v) is 4.84. The van der Waals surface area contributed by atoms with Gasteiger partial charge in [0.1, 0.15) is 0 Å². The van der Waals surface area contributed by atoms with Crippen LogP contribution in [0, 0.1) is 0 Å². The number of pyridine rings is 1. The Kier molecular flexibility index (Phi) is 3.82. The van der Waals surface area contributed by atoms with E-state index in [0.29, 0.717) is 0 Å². The summed E-state index contributed by atoms with van der Waals surface area (Å²) in [6.07, 6.45) is 7.32. The summed E-state index contributed by atoms with van der Waals surface area (Å²) in [6.45, 7) is 4.05. The molecule has 1 saturated carbocycles. The maximum absolute atomic E-state index is 5.27. The van der Waals surface area contributed by atoms with Gasteiger partial charge in [-0.2, -0.15) is 0 Å². The van der Waals surface area contributed by atoms with E-state index in [9.17, 15) is 0 Å². The van der Waals surface area contributed by atoms with Crippen LogP contribution in [0.2, 0.25) is 0 Å². The summed E-state index contributed by atoms with van der Waals surface area (Å²) < 4.78 is 5.27. The Hall–Kier alpha value is -1.31. The molecule has 0 amide bonds. The largest absolute Gasteiger partial charge is 0.501 e. The molecule has 92 valence electrons. The molecule has 1 heterocycles. The molecular weight excluding hydrogens is 210 g/mol. The van der Waals surface area contributed by atoms with Crippen molar-refractivity contribution in [3.05, 3.63) is 35.3 Å². The molecule has 0 N–H and O–H groups in total. The first-order chi connectivity index (χ1) is 8.22. The van der Waals surface area contributed by atoms with Gasteiger partial charge in [-0.1, -0.05) is 12.8 Å². The predicted molar refractivity (Wildman–Crippen MR) is 70.7 cm³/mol. The summed E-state index contributed by atoms with van der Waals surface area (Å²) in [6, 6.07) is 4.39. The van der Waals surface area contributed by atoms with Crippen LogP contribution in [0.4, 0.5) is 0 Å². The number of hydrogen-bond acceptors (Lipinski definition) is 2. The summed E-state index contributed by atoms with van der Waals surface area (Å²) in [7, 11) is 1.71. The smallest absolute Gasteiger partial charge is 0.0975 e. The highest BCUT2D eigenvalue weighted by molar-refractivity contribution is 5.62. The van der Waals surface area contributed by atoms with Gasteiger partial charge in [0, 0.05) is 11.8 Å². The van der Waals surface area contributed by atoms with Crippen LogP contribution in [-0.4, -0.2) is 12.1 Å². The summed E-state index contributed by atoms with van der Waals surface area (Å²) in [5.41, 5.74) is 3.62. The van der Waals surface area contributed by atoms with Crippen LogP contribution in [0.5, 0.6) is 0 Å². The maximum atomic E-state index is 5.27. The Balaban J connectivity index is 2.28. The summed E-state index contributed by atoms with van der Waals surface area (Å²) in [4.78, 5) is 4.44. The molecule has 0 aromatic carbocycles. The third-order valence-corrected chi connectivity index (χ3v) is 3.83. The quantitative estimate of drug-likeness (QED) is 0.729. The van der Waals surface area contributed by atoms with Crippen molar-refractivity contribution in [3.8, 4) is 0 Å². The van der Waals surface area contributed by atoms with Crippen LogP contribution >= 0.6 is 0 Å². The second kappa shape index (κ2) is 5.35. The van der Waals surface area contributed by atoms with Gasteiger partial charge in [-0.3, -0.25) is 4.98 Å². The van der Waals surface area contributed by atoms with E-state index in [2.05, 4.69) is 24.0 Å². The van der Waals surface area contributed by atoms with Crippen LogP contribution in [0.25, 0.3) is 5.57 Å². The summed E-state index contributed by atoms with van der Waals surface area (Å²) in [5, 5.41) is 0. The first kappa shape index (κ1) is 12.2. The molecule has 0 aliphatic heterocycles. The topological polar surface area (TPSA) is 22.1 Å². The van der Waals surface area contributed by atoms with Crippen molar-refractivity contribution in [3.63, 3.8) is 0 Å². The highest BCUT2D eigenvalue weighted by Crippen LogP contribution is 2.34. The van der Waals surface area contributed by atoms with Gasteiger partial charge in [-0.25, -0.2) is 0 Å². The molecule has 1 aliphatic carbocycles. The van der Waals surface area contributed by atoms with Crippen molar-refractivity contribution in [2.75, 3.05) is 7.11 Å². The zero-order valence-electron chi connectivity index (χ0n) is 11.0. The fraction of sp³-hybridized carbons (Fsp3) is 0.533. The minimum absolute atomic E-state index is 0.743. The van der Waals surface area contributed by atoms with Crippen LogP contribution in [0.1, 0.15) is 56.7 Å². The average Bonchev–Trinajstić information content (AvgIpc) is 2.91. The average molecular weight is 231 g/mol. The third kappa shape index (κ3) is 2.68. The SMILES string of the molecule is CO/C(C)=C(/C)c1cc(C2CCCC2)ccn1. The predicted octanol–water partition coefficient (Wildman–Crippen LogP) is 4.14. The number of methoxy groups -OCH3 is 1. The Morgan fingerprint density at radius 1 is 1.29 bits per heavy atom. The van der Waals surface area contributed by atoms with E-state index in [0.717, 1.165) is 22.9 Å². The van der Waals surface area contributed by atoms with E-state index in [1.807, 2.05) is 13.1 Å². The molecule has 0 radical (unpaired) electrons. The zero-order valence-corrected chi connectivity index (χ0v) is 11.0. The van der Waals surface area contributed by atoms with Gasteiger partial charge in [-0.15, -0.1) is 0 Å². The van der Waals surface area contributed by atoms with Gasteiger partial charge in [0.05, 0.1) is 18.6 Å². The second-order valence-electron chi connectivity index (χ2n) is 4.84. The van der Waals surface area contributed by atoms with Crippen LogP contribution in [0.3, 0.4) is 0 Å². The molecule has 1 fully saturated rings. The summed E-state index contributed by atoms with van der Waals surface area (Å²) >= 11 is 0.